The summed E-state index contributed by atoms with van der Waals surface area (Å²) in [6.45, 7) is 2.28. The lowest BCUT2D eigenvalue weighted by atomic mass is 10.0. The second-order valence-corrected chi connectivity index (χ2v) is 7.28. The number of likely N-dealkylation sites (tertiary alicyclic amines) is 1. The fourth-order valence-corrected chi connectivity index (χ4v) is 3.43. The van der Waals surface area contributed by atoms with Gasteiger partial charge in [0.1, 0.15) is 18.5 Å². The number of amides is 1. The van der Waals surface area contributed by atoms with Crippen LogP contribution in [0.3, 0.4) is 0 Å². The molecule has 0 aliphatic carbocycles. The lowest BCUT2D eigenvalue weighted by Crippen LogP contribution is -2.36. The van der Waals surface area contributed by atoms with Gasteiger partial charge in [-0.1, -0.05) is 24.3 Å². The smallest absolute Gasteiger partial charge is 0.257 e. The number of ether oxygens (including phenoxy) is 1. The highest BCUT2D eigenvalue weighted by Gasteiger charge is 2.22. The summed E-state index contributed by atoms with van der Waals surface area (Å²) in [6.07, 6.45) is 2.69. The van der Waals surface area contributed by atoms with Crippen LogP contribution < -0.4 is 4.74 Å². The van der Waals surface area contributed by atoms with Crippen LogP contribution in [0.5, 0.6) is 5.75 Å². The average Bonchev–Trinajstić information content (AvgIpc) is 2.65. The van der Waals surface area contributed by atoms with Crippen molar-refractivity contribution < 1.29 is 14.6 Å². The molecule has 2 aromatic rings. The van der Waals surface area contributed by atoms with E-state index in [2.05, 4.69) is 0 Å². The molecule has 0 saturated carbocycles. The molecule has 1 aliphatic heterocycles. The number of aliphatic hydroxyl groups excluding tert-OH is 1. The van der Waals surface area contributed by atoms with Crippen LogP contribution in [0.15, 0.2) is 36.4 Å². The minimum atomic E-state index is -0.602. The van der Waals surface area contributed by atoms with Crippen LogP contribution in [0.4, 0.5) is 0 Å². The molecule has 3 rings (SSSR count). The Morgan fingerprint density at radius 2 is 1.81 bits per heavy atom. The van der Waals surface area contributed by atoms with Crippen molar-refractivity contribution in [3.63, 3.8) is 0 Å². The third-order valence-electron chi connectivity index (χ3n) is 4.73. The first-order valence-corrected chi connectivity index (χ1v) is 9.32. The summed E-state index contributed by atoms with van der Waals surface area (Å²) in [5.41, 5.74) is 0.586. The third kappa shape index (κ3) is 4.54. The van der Waals surface area contributed by atoms with Gasteiger partial charge in [0.2, 0.25) is 0 Å². The molecule has 0 spiro atoms. The average molecular weight is 356 g/mol. The molecule has 26 heavy (non-hydrogen) atoms. The quantitative estimate of drug-likeness (QED) is 0.865. The van der Waals surface area contributed by atoms with Crippen LogP contribution in [0.2, 0.25) is 0 Å². The highest BCUT2D eigenvalue weighted by Crippen LogP contribution is 2.28. The van der Waals surface area contributed by atoms with Gasteiger partial charge in [-0.2, -0.15) is 0 Å². The SMILES string of the molecule is CN(C)C[C@@H](O)COc1cc2ccccc2cc1C(=O)N1CCCCC1. The van der Waals surface area contributed by atoms with Gasteiger partial charge in [0.05, 0.1) is 5.56 Å². The van der Waals surface area contributed by atoms with E-state index >= 15 is 0 Å². The standard InChI is InChI=1S/C21H28N2O3/c1-22(2)14-18(24)15-26-20-13-17-9-5-4-8-16(17)12-19(20)21(25)23-10-6-3-7-11-23/h4-5,8-9,12-13,18,24H,3,6-7,10-11,14-15H2,1-2H3/t18-/m1/s1. The van der Waals surface area contributed by atoms with E-state index in [-0.39, 0.29) is 12.5 Å². The van der Waals surface area contributed by atoms with Crippen molar-refractivity contribution in [3.8, 4) is 5.75 Å². The normalized spacial score (nSPS) is 16.1. The number of benzene rings is 2. The molecule has 0 aromatic heterocycles. The number of carbonyl (C=O) groups excluding carboxylic acids is 1. The number of aliphatic hydroxyl groups is 1. The fourth-order valence-electron chi connectivity index (χ4n) is 3.43. The zero-order valence-corrected chi connectivity index (χ0v) is 15.6. The van der Waals surface area contributed by atoms with E-state index in [0.29, 0.717) is 17.9 Å². The maximum Gasteiger partial charge on any atom is 0.257 e. The fraction of sp³-hybridized carbons (Fsp3) is 0.476. The number of nitrogens with zero attached hydrogens (tertiary/aromatic N) is 2. The van der Waals surface area contributed by atoms with Crippen molar-refractivity contribution in [1.29, 1.82) is 0 Å². The maximum atomic E-state index is 13.1. The summed E-state index contributed by atoms with van der Waals surface area (Å²) in [6, 6.07) is 11.8. The number of hydrogen-bond donors (Lipinski definition) is 1. The second-order valence-electron chi connectivity index (χ2n) is 7.28. The molecule has 5 heteroatoms. The Morgan fingerprint density at radius 3 is 2.46 bits per heavy atom. The predicted octanol–water partition coefficient (Wildman–Crippen LogP) is 2.77. The molecule has 0 radical (unpaired) electrons. The van der Waals surface area contributed by atoms with E-state index in [1.54, 1.807) is 0 Å². The predicted molar refractivity (Wildman–Crippen MR) is 104 cm³/mol. The van der Waals surface area contributed by atoms with Gasteiger partial charge < -0.3 is 19.6 Å². The Labute approximate surface area is 155 Å². The van der Waals surface area contributed by atoms with Crippen molar-refractivity contribution in [3.05, 3.63) is 42.0 Å². The molecule has 1 heterocycles. The molecular formula is C21H28N2O3. The van der Waals surface area contributed by atoms with Crippen LogP contribution in [0.1, 0.15) is 29.6 Å². The summed E-state index contributed by atoms with van der Waals surface area (Å²) in [5.74, 6) is 0.574. The number of hydrogen-bond acceptors (Lipinski definition) is 4. The van der Waals surface area contributed by atoms with E-state index in [1.807, 2.05) is 60.3 Å². The number of fused-ring (bicyclic) bond motifs is 1. The van der Waals surface area contributed by atoms with E-state index in [1.165, 1.54) is 6.42 Å². The first-order chi connectivity index (χ1) is 12.5. The maximum absolute atomic E-state index is 13.1. The molecule has 0 unspecified atom stereocenters. The lowest BCUT2D eigenvalue weighted by molar-refractivity contribution is 0.0695. The van der Waals surface area contributed by atoms with Crippen LogP contribution in [-0.2, 0) is 0 Å². The minimum absolute atomic E-state index is 0.0209. The van der Waals surface area contributed by atoms with Crippen molar-refractivity contribution >= 4 is 16.7 Å². The number of likely N-dealkylation sites (N-methyl/N-ethyl adjacent to an activating group) is 1. The van der Waals surface area contributed by atoms with Gasteiger partial charge in [0.15, 0.2) is 0 Å². The zero-order valence-electron chi connectivity index (χ0n) is 15.6. The summed E-state index contributed by atoms with van der Waals surface area (Å²) in [5, 5.41) is 12.2. The Balaban J connectivity index is 1.87. The molecule has 1 saturated heterocycles. The van der Waals surface area contributed by atoms with E-state index < -0.39 is 6.10 Å². The Bertz CT molecular complexity index is 754. The Kier molecular flexibility index (Phi) is 6.12. The molecule has 1 atom stereocenters. The van der Waals surface area contributed by atoms with Gasteiger partial charge in [-0.3, -0.25) is 4.79 Å². The van der Waals surface area contributed by atoms with Crippen molar-refractivity contribution in [2.24, 2.45) is 0 Å². The monoisotopic (exact) mass is 356 g/mol. The van der Waals surface area contributed by atoms with Crippen LogP contribution in [0.25, 0.3) is 10.8 Å². The van der Waals surface area contributed by atoms with Gasteiger partial charge in [0, 0.05) is 19.6 Å². The topological polar surface area (TPSA) is 53.0 Å². The highest BCUT2D eigenvalue weighted by atomic mass is 16.5. The summed E-state index contributed by atoms with van der Waals surface area (Å²) in [7, 11) is 3.81. The Hall–Kier alpha value is -2.11. The first-order valence-electron chi connectivity index (χ1n) is 9.32. The number of rotatable bonds is 6. The summed E-state index contributed by atoms with van der Waals surface area (Å²) < 4.78 is 5.90. The van der Waals surface area contributed by atoms with Gasteiger partial charge >= 0.3 is 0 Å². The molecule has 2 aromatic carbocycles. The molecular weight excluding hydrogens is 328 g/mol. The number of carbonyl (C=O) groups is 1. The second kappa shape index (κ2) is 8.52. The van der Waals surface area contributed by atoms with E-state index in [4.69, 9.17) is 4.74 Å². The van der Waals surface area contributed by atoms with Gasteiger partial charge in [-0.15, -0.1) is 0 Å². The van der Waals surface area contributed by atoms with Crippen molar-refractivity contribution in [1.82, 2.24) is 9.80 Å². The molecule has 5 nitrogen and oxygen atoms in total. The third-order valence-corrected chi connectivity index (χ3v) is 4.73. The van der Waals surface area contributed by atoms with Crippen LogP contribution in [-0.4, -0.2) is 67.3 Å². The van der Waals surface area contributed by atoms with Crippen LogP contribution >= 0.6 is 0 Å². The highest BCUT2D eigenvalue weighted by molar-refractivity contribution is 6.01. The van der Waals surface area contributed by atoms with Crippen molar-refractivity contribution in [2.45, 2.75) is 25.4 Å². The summed E-state index contributed by atoms with van der Waals surface area (Å²) in [4.78, 5) is 16.9. The minimum Gasteiger partial charge on any atom is -0.490 e. The van der Waals surface area contributed by atoms with E-state index in [9.17, 15) is 9.90 Å². The molecule has 1 N–H and O–H groups in total. The molecule has 1 amide bonds. The first kappa shape index (κ1) is 18.7. The molecule has 1 aliphatic rings. The van der Waals surface area contributed by atoms with Gasteiger partial charge in [0.25, 0.3) is 5.91 Å². The van der Waals surface area contributed by atoms with Gasteiger partial charge in [-0.25, -0.2) is 0 Å². The van der Waals surface area contributed by atoms with Crippen LogP contribution in [0, 0.1) is 0 Å². The van der Waals surface area contributed by atoms with Gasteiger partial charge in [-0.05, 0) is 56.3 Å². The molecule has 0 bridgehead atoms. The number of piperidine rings is 1. The van der Waals surface area contributed by atoms with E-state index in [0.717, 1.165) is 36.7 Å². The largest absolute Gasteiger partial charge is 0.490 e. The Morgan fingerprint density at radius 1 is 1.15 bits per heavy atom. The summed E-state index contributed by atoms with van der Waals surface area (Å²) >= 11 is 0. The van der Waals surface area contributed by atoms with Crippen molar-refractivity contribution in [2.75, 3.05) is 40.3 Å². The lowest BCUT2D eigenvalue weighted by Gasteiger charge is -2.27. The molecule has 140 valence electrons. The zero-order chi connectivity index (χ0) is 18.5. The molecule has 1 fully saturated rings.